The molecule has 4 aromatic rings. The van der Waals surface area contributed by atoms with E-state index in [0.29, 0.717) is 0 Å². The lowest BCUT2D eigenvalue weighted by Crippen LogP contribution is -1.85. The Morgan fingerprint density at radius 3 is 2.05 bits per heavy atom. The summed E-state index contributed by atoms with van der Waals surface area (Å²) in [6.07, 6.45) is 1.85. The van der Waals surface area contributed by atoms with Crippen molar-refractivity contribution in [2.75, 3.05) is 0 Å². The molecule has 0 fully saturated rings. The molecule has 96 valence electrons. The Hall–Kier alpha value is -1.45. The number of aromatic nitrogens is 1. The largest absolute Gasteiger partial charge is 0.256 e. The molecule has 0 aliphatic heterocycles. The summed E-state index contributed by atoms with van der Waals surface area (Å²) in [6.45, 7) is 0. The fourth-order valence-corrected chi connectivity index (χ4v) is 3.48. The molecule has 0 aliphatic rings. The lowest BCUT2D eigenvalue weighted by atomic mass is 9.97. The number of halogens is 2. The first-order chi connectivity index (χ1) is 9.74. The maximum absolute atomic E-state index is 4.59. The van der Waals surface area contributed by atoms with E-state index < -0.39 is 0 Å². The van der Waals surface area contributed by atoms with E-state index in [2.05, 4.69) is 79.3 Å². The first kappa shape index (κ1) is 12.3. The number of fused-ring (bicyclic) bond motifs is 6. The van der Waals surface area contributed by atoms with Gasteiger partial charge >= 0.3 is 0 Å². The smallest absolute Gasteiger partial charge is 0.0787 e. The SMILES string of the molecule is Brc1ccc2c(c1)c1cccnc1c1cc(Br)ccc21. The molecule has 0 saturated carbocycles. The Morgan fingerprint density at radius 2 is 1.30 bits per heavy atom. The third-order valence-corrected chi connectivity index (χ3v) is 4.59. The minimum absolute atomic E-state index is 1.05. The van der Waals surface area contributed by atoms with E-state index >= 15 is 0 Å². The Morgan fingerprint density at radius 1 is 0.650 bits per heavy atom. The zero-order valence-corrected chi connectivity index (χ0v) is 13.6. The molecule has 0 spiro atoms. The highest BCUT2D eigenvalue weighted by atomic mass is 79.9. The number of hydrogen-bond donors (Lipinski definition) is 0. The highest BCUT2D eigenvalue weighted by Crippen LogP contribution is 2.36. The van der Waals surface area contributed by atoms with Crippen LogP contribution in [0.1, 0.15) is 0 Å². The molecular formula is C17H9Br2N. The molecular weight excluding hydrogens is 378 g/mol. The highest BCUT2D eigenvalue weighted by Gasteiger charge is 2.09. The van der Waals surface area contributed by atoms with Gasteiger partial charge in [-0.15, -0.1) is 0 Å². The zero-order valence-electron chi connectivity index (χ0n) is 10.4. The molecule has 0 bridgehead atoms. The molecule has 1 nitrogen and oxygen atoms in total. The average molecular weight is 387 g/mol. The minimum atomic E-state index is 1.05. The van der Waals surface area contributed by atoms with E-state index in [1.165, 1.54) is 26.9 Å². The van der Waals surface area contributed by atoms with Crippen molar-refractivity contribution in [2.24, 2.45) is 0 Å². The van der Waals surface area contributed by atoms with E-state index in [1.807, 2.05) is 12.3 Å². The van der Waals surface area contributed by atoms with Crippen LogP contribution in [-0.4, -0.2) is 4.98 Å². The summed E-state index contributed by atoms with van der Waals surface area (Å²) < 4.78 is 2.17. The van der Waals surface area contributed by atoms with Crippen LogP contribution in [0.4, 0.5) is 0 Å². The van der Waals surface area contributed by atoms with Crippen LogP contribution in [-0.2, 0) is 0 Å². The van der Waals surface area contributed by atoms with Crippen molar-refractivity contribution < 1.29 is 0 Å². The molecule has 3 heteroatoms. The first-order valence-corrected chi connectivity index (χ1v) is 7.88. The van der Waals surface area contributed by atoms with Crippen molar-refractivity contribution >= 4 is 64.3 Å². The molecule has 4 rings (SSSR count). The normalized spacial score (nSPS) is 11.5. The maximum Gasteiger partial charge on any atom is 0.0787 e. The van der Waals surface area contributed by atoms with Crippen LogP contribution in [0.25, 0.3) is 32.4 Å². The highest BCUT2D eigenvalue weighted by molar-refractivity contribution is 9.10. The Kier molecular flexibility index (Phi) is 2.79. The van der Waals surface area contributed by atoms with Gasteiger partial charge in [-0.2, -0.15) is 0 Å². The predicted octanol–water partition coefficient (Wildman–Crippen LogP) is 6.07. The molecule has 0 saturated heterocycles. The number of pyridine rings is 1. The summed E-state index contributed by atoms with van der Waals surface area (Å²) in [5.74, 6) is 0. The molecule has 1 aromatic heterocycles. The fraction of sp³-hybridized carbons (Fsp3) is 0. The van der Waals surface area contributed by atoms with Gasteiger partial charge in [-0.05, 0) is 46.5 Å². The molecule has 0 N–H and O–H groups in total. The predicted molar refractivity (Wildman–Crippen MR) is 92.2 cm³/mol. The summed E-state index contributed by atoms with van der Waals surface area (Å²) in [5.41, 5.74) is 1.05. The van der Waals surface area contributed by atoms with Crippen LogP contribution in [0.15, 0.2) is 63.7 Å². The molecule has 0 unspecified atom stereocenters. The Labute approximate surface area is 132 Å². The third kappa shape index (κ3) is 1.77. The summed E-state index contributed by atoms with van der Waals surface area (Å²) in [6, 6.07) is 16.9. The van der Waals surface area contributed by atoms with E-state index in [4.69, 9.17) is 0 Å². The standard InChI is InChI=1S/C17H9Br2N/c18-10-3-5-12-13-6-4-11(19)9-16(13)17-14(15(12)8-10)2-1-7-20-17/h1-9H. The second-order valence-corrected chi connectivity index (χ2v) is 6.61. The molecule has 0 amide bonds. The molecule has 0 aliphatic carbocycles. The number of benzene rings is 3. The fourth-order valence-electron chi connectivity index (χ4n) is 2.76. The van der Waals surface area contributed by atoms with Gasteiger partial charge in [0.25, 0.3) is 0 Å². The minimum Gasteiger partial charge on any atom is -0.256 e. The second-order valence-electron chi connectivity index (χ2n) is 4.78. The quantitative estimate of drug-likeness (QED) is 0.334. The number of hydrogen-bond acceptors (Lipinski definition) is 1. The van der Waals surface area contributed by atoms with Gasteiger partial charge in [-0.25, -0.2) is 0 Å². The summed E-state index contributed by atoms with van der Waals surface area (Å²) in [7, 11) is 0. The van der Waals surface area contributed by atoms with E-state index in [0.717, 1.165) is 14.5 Å². The number of rotatable bonds is 0. The van der Waals surface area contributed by atoms with E-state index in [1.54, 1.807) is 0 Å². The van der Waals surface area contributed by atoms with Gasteiger partial charge < -0.3 is 0 Å². The van der Waals surface area contributed by atoms with E-state index in [-0.39, 0.29) is 0 Å². The van der Waals surface area contributed by atoms with Crippen LogP contribution in [0.3, 0.4) is 0 Å². The topological polar surface area (TPSA) is 12.9 Å². The molecule has 3 aromatic carbocycles. The summed E-state index contributed by atoms with van der Waals surface area (Å²) in [5, 5.41) is 6.11. The molecule has 0 atom stereocenters. The van der Waals surface area contributed by atoms with Crippen molar-refractivity contribution in [3.63, 3.8) is 0 Å². The summed E-state index contributed by atoms with van der Waals surface area (Å²) >= 11 is 7.12. The van der Waals surface area contributed by atoms with Gasteiger partial charge in [0.15, 0.2) is 0 Å². The monoisotopic (exact) mass is 385 g/mol. The Bertz CT molecular complexity index is 876. The molecule has 0 radical (unpaired) electrons. The van der Waals surface area contributed by atoms with Gasteiger partial charge in [0.05, 0.1) is 5.52 Å². The summed E-state index contributed by atoms with van der Waals surface area (Å²) in [4.78, 5) is 4.59. The van der Waals surface area contributed by atoms with Crippen LogP contribution in [0.2, 0.25) is 0 Å². The third-order valence-electron chi connectivity index (χ3n) is 3.61. The van der Waals surface area contributed by atoms with E-state index in [9.17, 15) is 0 Å². The zero-order chi connectivity index (χ0) is 13.7. The van der Waals surface area contributed by atoms with Gasteiger partial charge in [-0.3, -0.25) is 4.98 Å². The second kappa shape index (κ2) is 4.54. The Balaban J connectivity index is 2.40. The van der Waals surface area contributed by atoms with Crippen molar-refractivity contribution in [1.82, 2.24) is 4.98 Å². The van der Waals surface area contributed by atoms with Crippen LogP contribution in [0.5, 0.6) is 0 Å². The lowest BCUT2D eigenvalue weighted by Gasteiger charge is -2.10. The first-order valence-electron chi connectivity index (χ1n) is 6.29. The van der Waals surface area contributed by atoms with Gasteiger partial charge in [0.1, 0.15) is 0 Å². The van der Waals surface area contributed by atoms with Crippen LogP contribution < -0.4 is 0 Å². The van der Waals surface area contributed by atoms with Gasteiger partial charge in [0.2, 0.25) is 0 Å². The molecule has 20 heavy (non-hydrogen) atoms. The van der Waals surface area contributed by atoms with Crippen molar-refractivity contribution in [3.05, 3.63) is 63.7 Å². The number of nitrogens with zero attached hydrogens (tertiary/aromatic N) is 1. The maximum atomic E-state index is 4.59. The van der Waals surface area contributed by atoms with Crippen molar-refractivity contribution in [1.29, 1.82) is 0 Å². The van der Waals surface area contributed by atoms with Crippen molar-refractivity contribution in [3.8, 4) is 0 Å². The van der Waals surface area contributed by atoms with Crippen LogP contribution >= 0.6 is 31.9 Å². The van der Waals surface area contributed by atoms with Gasteiger partial charge in [-0.1, -0.05) is 50.1 Å². The van der Waals surface area contributed by atoms with Crippen molar-refractivity contribution in [2.45, 2.75) is 0 Å². The average Bonchev–Trinajstić information content (AvgIpc) is 2.47. The molecule has 1 heterocycles. The van der Waals surface area contributed by atoms with Crippen LogP contribution in [0, 0.1) is 0 Å². The lowest BCUT2D eigenvalue weighted by molar-refractivity contribution is 1.43. The van der Waals surface area contributed by atoms with Gasteiger partial charge in [0, 0.05) is 25.9 Å².